The van der Waals surface area contributed by atoms with E-state index in [0.717, 1.165) is 11.0 Å². The Morgan fingerprint density at radius 3 is 2.58 bits per heavy atom. The highest BCUT2D eigenvalue weighted by Gasteiger charge is 2.13. The van der Waals surface area contributed by atoms with Gasteiger partial charge in [0.15, 0.2) is 0 Å². The number of para-hydroxylation sites is 2. The van der Waals surface area contributed by atoms with E-state index < -0.39 is 10.8 Å². The van der Waals surface area contributed by atoms with Crippen molar-refractivity contribution in [3.63, 3.8) is 0 Å². The maximum Gasteiger partial charge on any atom is 0.269 e. The summed E-state index contributed by atoms with van der Waals surface area (Å²) in [5, 5.41) is 10.6. The van der Waals surface area contributed by atoms with Crippen molar-refractivity contribution in [3.8, 4) is 5.75 Å². The molecule has 0 atom stereocenters. The predicted molar refractivity (Wildman–Crippen MR) is 86.4 cm³/mol. The zero-order valence-electron chi connectivity index (χ0n) is 12.6. The van der Waals surface area contributed by atoms with Gasteiger partial charge in [0, 0.05) is 12.1 Å². The number of carbonyl (C=O) groups is 1. The molecule has 0 spiro atoms. The molecule has 0 aliphatic heterocycles. The molecule has 1 heterocycles. The number of benzene rings is 2. The fourth-order valence-electron chi connectivity index (χ4n) is 2.38. The minimum absolute atomic E-state index is 0.000528. The number of hydrogen-bond donors (Lipinski definition) is 1. The molecule has 0 fully saturated rings. The molecule has 3 aromatic rings. The molecule has 1 amide bonds. The molecule has 0 bridgehead atoms. The molecule has 2 N–H and O–H groups in total. The maximum atomic E-state index is 11.3. The fourth-order valence-corrected chi connectivity index (χ4v) is 2.38. The van der Waals surface area contributed by atoms with Gasteiger partial charge in [0.05, 0.1) is 16.0 Å². The van der Waals surface area contributed by atoms with E-state index in [4.69, 9.17) is 10.5 Å². The van der Waals surface area contributed by atoms with Gasteiger partial charge < -0.3 is 15.0 Å². The van der Waals surface area contributed by atoms with Crippen molar-refractivity contribution in [1.29, 1.82) is 0 Å². The molecule has 2 aromatic carbocycles. The van der Waals surface area contributed by atoms with Crippen LogP contribution in [0, 0.1) is 10.1 Å². The van der Waals surface area contributed by atoms with Crippen molar-refractivity contribution in [2.24, 2.45) is 5.73 Å². The number of nitro groups is 1. The Hall–Kier alpha value is -3.42. The number of nitrogens with zero attached hydrogens (tertiary/aromatic N) is 3. The van der Waals surface area contributed by atoms with Crippen LogP contribution in [0.1, 0.15) is 5.82 Å². The Balaban J connectivity index is 1.84. The standard InChI is InChI=1S/C16H14N4O4/c17-15(21)9-19-14-4-2-1-3-13(14)18-16(19)10-24-12-7-5-11(6-8-12)20(22)23/h1-8H,9-10H2,(H2,17,21). The number of carbonyl (C=O) groups excluding carboxylic acids is 1. The maximum absolute atomic E-state index is 11.3. The number of ether oxygens (including phenoxy) is 1. The molecule has 0 saturated carbocycles. The van der Waals surface area contributed by atoms with E-state index in [2.05, 4.69) is 4.98 Å². The number of primary amides is 1. The number of fused-ring (bicyclic) bond motifs is 1. The zero-order valence-corrected chi connectivity index (χ0v) is 12.6. The van der Waals surface area contributed by atoms with Gasteiger partial charge in [0.2, 0.25) is 5.91 Å². The van der Waals surface area contributed by atoms with Crippen LogP contribution in [0.2, 0.25) is 0 Å². The molecule has 1 aromatic heterocycles. The molecule has 0 unspecified atom stereocenters. The van der Waals surface area contributed by atoms with Gasteiger partial charge in [-0.05, 0) is 24.3 Å². The molecule has 3 rings (SSSR count). The van der Waals surface area contributed by atoms with Crippen LogP contribution in [-0.4, -0.2) is 20.4 Å². The molecule has 0 aliphatic rings. The lowest BCUT2D eigenvalue weighted by atomic mass is 10.3. The average Bonchev–Trinajstić information content (AvgIpc) is 2.90. The van der Waals surface area contributed by atoms with Crippen LogP contribution in [0.3, 0.4) is 0 Å². The minimum Gasteiger partial charge on any atom is -0.486 e. The molecule has 0 radical (unpaired) electrons. The van der Waals surface area contributed by atoms with Gasteiger partial charge in [-0.15, -0.1) is 0 Å². The summed E-state index contributed by atoms with van der Waals surface area (Å²) in [5.41, 5.74) is 6.82. The second kappa shape index (κ2) is 6.37. The SMILES string of the molecule is NC(=O)Cn1c(COc2ccc([N+](=O)[O-])cc2)nc2ccccc21. The van der Waals surface area contributed by atoms with E-state index in [1.54, 1.807) is 4.57 Å². The first-order valence-electron chi connectivity index (χ1n) is 7.14. The predicted octanol–water partition coefficient (Wildman–Crippen LogP) is 2.01. The summed E-state index contributed by atoms with van der Waals surface area (Å²) < 4.78 is 7.32. The van der Waals surface area contributed by atoms with Crippen LogP contribution in [0.4, 0.5) is 5.69 Å². The number of nitrogens with two attached hydrogens (primary N) is 1. The molecule has 24 heavy (non-hydrogen) atoms. The summed E-state index contributed by atoms with van der Waals surface area (Å²) in [6, 6.07) is 13.1. The van der Waals surface area contributed by atoms with Gasteiger partial charge in [-0.25, -0.2) is 4.98 Å². The number of imidazole rings is 1. The van der Waals surface area contributed by atoms with Crippen LogP contribution < -0.4 is 10.5 Å². The van der Waals surface area contributed by atoms with E-state index in [9.17, 15) is 14.9 Å². The van der Waals surface area contributed by atoms with Gasteiger partial charge in [0.25, 0.3) is 5.69 Å². The summed E-state index contributed by atoms with van der Waals surface area (Å²) in [4.78, 5) is 25.9. The number of amides is 1. The molecule has 8 heteroatoms. The van der Waals surface area contributed by atoms with Crippen molar-refractivity contribution in [2.75, 3.05) is 0 Å². The van der Waals surface area contributed by atoms with Crippen molar-refractivity contribution < 1.29 is 14.5 Å². The van der Waals surface area contributed by atoms with Crippen molar-refractivity contribution in [3.05, 3.63) is 64.5 Å². The summed E-state index contributed by atoms with van der Waals surface area (Å²) in [7, 11) is 0. The highest BCUT2D eigenvalue weighted by Crippen LogP contribution is 2.20. The Labute approximate surface area is 136 Å². The first kappa shape index (κ1) is 15.5. The lowest BCUT2D eigenvalue weighted by Crippen LogP contribution is -2.20. The smallest absolute Gasteiger partial charge is 0.269 e. The first-order chi connectivity index (χ1) is 11.5. The molecular weight excluding hydrogens is 312 g/mol. The summed E-state index contributed by atoms with van der Waals surface area (Å²) in [6.07, 6.45) is 0. The molecule has 0 aliphatic carbocycles. The quantitative estimate of drug-likeness (QED) is 0.550. The Bertz CT molecular complexity index is 902. The van der Waals surface area contributed by atoms with Crippen LogP contribution in [0.25, 0.3) is 11.0 Å². The van der Waals surface area contributed by atoms with E-state index in [1.807, 2.05) is 24.3 Å². The van der Waals surface area contributed by atoms with Gasteiger partial charge in [-0.3, -0.25) is 14.9 Å². The largest absolute Gasteiger partial charge is 0.486 e. The number of non-ortho nitro benzene ring substituents is 1. The first-order valence-corrected chi connectivity index (χ1v) is 7.14. The normalized spacial score (nSPS) is 10.7. The van der Waals surface area contributed by atoms with E-state index >= 15 is 0 Å². The minimum atomic E-state index is -0.477. The van der Waals surface area contributed by atoms with Gasteiger partial charge in [0.1, 0.15) is 24.7 Å². The topological polar surface area (TPSA) is 113 Å². The number of rotatable bonds is 6. The third-order valence-electron chi connectivity index (χ3n) is 3.46. The second-order valence-corrected chi connectivity index (χ2v) is 5.11. The van der Waals surface area contributed by atoms with E-state index in [1.165, 1.54) is 24.3 Å². The number of nitro benzene ring substituents is 1. The fraction of sp³-hybridized carbons (Fsp3) is 0.125. The molecular formula is C16H14N4O4. The lowest BCUT2D eigenvalue weighted by molar-refractivity contribution is -0.384. The van der Waals surface area contributed by atoms with E-state index in [0.29, 0.717) is 11.6 Å². The van der Waals surface area contributed by atoms with Gasteiger partial charge >= 0.3 is 0 Å². The van der Waals surface area contributed by atoms with E-state index in [-0.39, 0.29) is 18.8 Å². The van der Waals surface area contributed by atoms with Gasteiger partial charge in [-0.1, -0.05) is 12.1 Å². The lowest BCUT2D eigenvalue weighted by Gasteiger charge is -2.08. The molecule has 0 saturated heterocycles. The number of hydrogen-bond acceptors (Lipinski definition) is 5. The summed E-state index contributed by atoms with van der Waals surface area (Å²) >= 11 is 0. The molecule has 122 valence electrons. The van der Waals surface area contributed by atoms with Crippen LogP contribution in [-0.2, 0) is 17.9 Å². The molecule has 8 nitrogen and oxygen atoms in total. The monoisotopic (exact) mass is 326 g/mol. The Morgan fingerprint density at radius 1 is 1.21 bits per heavy atom. The summed E-state index contributed by atoms with van der Waals surface area (Å²) in [6.45, 7) is 0.110. The Morgan fingerprint density at radius 2 is 1.92 bits per heavy atom. The Kier molecular flexibility index (Phi) is 4.11. The summed E-state index contributed by atoms with van der Waals surface area (Å²) in [5.74, 6) is 0.543. The van der Waals surface area contributed by atoms with Crippen molar-refractivity contribution >= 4 is 22.6 Å². The highest BCUT2D eigenvalue weighted by molar-refractivity contribution is 5.80. The third-order valence-corrected chi connectivity index (χ3v) is 3.46. The van der Waals surface area contributed by atoms with Crippen LogP contribution in [0.5, 0.6) is 5.75 Å². The highest BCUT2D eigenvalue weighted by atomic mass is 16.6. The zero-order chi connectivity index (χ0) is 17.1. The third kappa shape index (κ3) is 3.17. The van der Waals surface area contributed by atoms with Crippen LogP contribution >= 0.6 is 0 Å². The number of aromatic nitrogens is 2. The van der Waals surface area contributed by atoms with Crippen molar-refractivity contribution in [2.45, 2.75) is 13.2 Å². The van der Waals surface area contributed by atoms with Crippen molar-refractivity contribution in [1.82, 2.24) is 9.55 Å². The average molecular weight is 326 g/mol. The second-order valence-electron chi connectivity index (χ2n) is 5.11. The van der Waals surface area contributed by atoms with Gasteiger partial charge in [-0.2, -0.15) is 0 Å². The van der Waals surface area contributed by atoms with Crippen LogP contribution in [0.15, 0.2) is 48.5 Å².